The Bertz CT molecular complexity index is 796. The number of ether oxygens (including phenoxy) is 1. The van der Waals surface area contributed by atoms with Crippen LogP contribution in [0, 0.1) is 0 Å². The number of anilines is 1. The smallest absolute Gasteiger partial charge is 0.262 e. The fourth-order valence-corrected chi connectivity index (χ4v) is 3.50. The summed E-state index contributed by atoms with van der Waals surface area (Å²) < 4.78 is 5.55. The molecule has 1 aliphatic carbocycles. The summed E-state index contributed by atoms with van der Waals surface area (Å²) in [7, 11) is 0. The molecule has 0 atom stereocenters. The van der Waals surface area contributed by atoms with Crippen molar-refractivity contribution in [3.8, 4) is 5.75 Å². The van der Waals surface area contributed by atoms with Crippen LogP contribution in [0.1, 0.15) is 54.9 Å². The Morgan fingerprint density at radius 2 is 1.71 bits per heavy atom. The van der Waals surface area contributed by atoms with E-state index >= 15 is 0 Å². The summed E-state index contributed by atoms with van der Waals surface area (Å²) in [6.45, 7) is 1.97. The van der Waals surface area contributed by atoms with Gasteiger partial charge in [-0.15, -0.1) is 0 Å². The van der Waals surface area contributed by atoms with Crippen LogP contribution < -0.4 is 15.4 Å². The number of rotatable bonds is 7. The second-order valence-electron chi connectivity index (χ2n) is 7.18. The Kier molecular flexibility index (Phi) is 7.06. The zero-order valence-electron chi connectivity index (χ0n) is 16.4. The average Bonchev–Trinajstić information content (AvgIpc) is 2.74. The van der Waals surface area contributed by atoms with Crippen molar-refractivity contribution >= 4 is 17.5 Å². The van der Waals surface area contributed by atoms with Gasteiger partial charge >= 0.3 is 0 Å². The predicted molar refractivity (Wildman–Crippen MR) is 111 cm³/mol. The minimum atomic E-state index is -0.208. The van der Waals surface area contributed by atoms with Gasteiger partial charge in [-0.2, -0.15) is 0 Å². The van der Waals surface area contributed by atoms with Crippen LogP contribution in [-0.2, 0) is 11.2 Å². The SMILES string of the molecule is CCc1ccccc1NC(=O)COc1ccc(C(=O)NC2CCCCC2)cc1. The van der Waals surface area contributed by atoms with Crippen molar-refractivity contribution in [2.45, 2.75) is 51.5 Å². The lowest BCUT2D eigenvalue weighted by Crippen LogP contribution is -2.36. The van der Waals surface area contributed by atoms with Crippen molar-refractivity contribution in [3.05, 3.63) is 59.7 Å². The molecular formula is C23H28N2O3. The molecule has 0 radical (unpaired) electrons. The maximum Gasteiger partial charge on any atom is 0.262 e. The average molecular weight is 380 g/mol. The van der Waals surface area contributed by atoms with Gasteiger partial charge in [-0.1, -0.05) is 44.4 Å². The second kappa shape index (κ2) is 9.93. The van der Waals surface area contributed by atoms with E-state index in [0.717, 1.165) is 30.5 Å². The van der Waals surface area contributed by atoms with E-state index in [1.165, 1.54) is 19.3 Å². The summed E-state index contributed by atoms with van der Waals surface area (Å²) in [5, 5.41) is 5.98. The Hall–Kier alpha value is -2.82. The van der Waals surface area contributed by atoms with Crippen LogP contribution >= 0.6 is 0 Å². The molecule has 5 nitrogen and oxygen atoms in total. The first kappa shape index (κ1) is 19.9. The molecular weight excluding hydrogens is 352 g/mol. The minimum absolute atomic E-state index is 0.0487. The van der Waals surface area contributed by atoms with Crippen molar-refractivity contribution in [1.82, 2.24) is 5.32 Å². The summed E-state index contributed by atoms with van der Waals surface area (Å²) in [6.07, 6.45) is 6.59. The van der Waals surface area contributed by atoms with E-state index in [-0.39, 0.29) is 24.5 Å². The Labute approximate surface area is 166 Å². The topological polar surface area (TPSA) is 67.4 Å². The van der Waals surface area contributed by atoms with Gasteiger partial charge in [0.1, 0.15) is 5.75 Å². The molecule has 2 aromatic carbocycles. The molecule has 3 rings (SSSR count). The molecule has 0 aliphatic heterocycles. The van der Waals surface area contributed by atoms with Crippen LogP contribution in [0.2, 0.25) is 0 Å². The number of amides is 2. The molecule has 0 heterocycles. The normalized spacial score (nSPS) is 14.3. The fraction of sp³-hybridized carbons (Fsp3) is 0.391. The molecule has 148 valence electrons. The van der Waals surface area contributed by atoms with E-state index < -0.39 is 0 Å². The molecule has 2 amide bonds. The summed E-state index contributed by atoms with van der Waals surface area (Å²) in [5.74, 6) is 0.306. The lowest BCUT2D eigenvalue weighted by molar-refractivity contribution is -0.118. The first-order valence-corrected chi connectivity index (χ1v) is 10.1. The van der Waals surface area contributed by atoms with E-state index in [4.69, 9.17) is 4.74 Å². The van der Waals surface area contributed by atoms with Gasteiger partial charge in [0.05, 0.1) is 0 Å². The van der Waals surface area contributed by atoms with Crippen LogP contribution in [-0.4, -0.2) is 24.5 Å². The Morgan fingerprint density at radius 3 is 2.43 bits per heavy atom. The van der Waals surface area contributed by atoms with Crippen LogP contribution in [0.5, 0.6) is 5.75 Å². The molecule has 0 aromatic heterocycles. The van der Waals surface area contributed by atoms with Crippen molar-refractivity contribution in [1.29, 1.82) is 0 Å². The van der Waals surface area contributed by atoms with Gasteiger partial charge in [0, 0.05) is 17.3 Å². The molecule has 0 unspecified atom stereocenters. The van der Waals surface area contributed by atoms with E-state index in [1.54, 1.807) is 24.3 Å². The standard InChI is InChI=1S/C23H28N2O3/c1-2-17-8-6-7-11-21(17)25-22(26)16-28-20-14-12-18(13-15-20)23(27)24-19-9-4-3-5-10-19/h6-8,11-15,19H,2-5,9-10,16H2,1H3,(H,24,27)(H,25,26). The van der Waals surface area contributed by atoms with Crippen LogP contribution in [0.25, 0.3) is 0 Å². The van der Waals surface area contributed by atoms with Crippen molar-refractivity contribution < 1.29 is 14.3 Å². The summed E-state index contributed by atoms with van der Waals surface area (Å²) in [4.78, 5) is 24.5. The van der Waals surface area contributed by atoms with E-state index in [2.05, 4.69) is 10.6 Å². The lowest BCUT2D eigenvalue weighted by Gasteiger charge is -2.22. The molecule has 28 heavy (non-hydrogen) atoms. The molecule has 2 aromatic rings. The third kappa shape index (κ3) is 5.59. The predicted octanol–water partition coefficient (Wildman–Crippen LogP) is 4.33. The van der Waals surface area contributed by atoms with E-state index in [0.29, 0.717) is 11.3 Å². The molecule has 1 aliphatic rings. The molecule has 1 saturated carbocycles. The summed E-state index contributed by atoms with van der Waals surface area (Å²) in [6, 6.07) is 14.9. The number of hydrogen-bond acceptors (Lipinski definition) is 3. The second-order valence-corrected chi connectivity index (χ2v) is 7.18. The van der Waals surface area contributed by atoms with Gasteiger partial charge in [-0.25, -0.2) is 0 Å². The zero-order valence-corrected chi connectivity index (χ0v) is 16.4. The first-order chi connectivity index (χ1) is 13.7. The number of carbonyl (C=O) groups excluding carboxylic acids is 2. The first-order valence-electron chi connectivity index (χ1n) is 10.1. The van der Waals surface area contributed by atoms with Gasteiger partial charge in [0.15, 0.2) is 6.61 Å². The van der Waals surface area contributed by atoms with Gasteiger partial charge in [0.2, 0.25) is 0 Å². The van der Waals surface area contributed by atoms with Crippen molar-refractivity contribution in [3.63, 3.8) is 0 Å². The number of nitrogens with one attached hydrogen (secondary N) is 2. The number of para-hydroxylation sites is 1. The maximum absolute atomic E-state index is 12.3. The van der Waals surface area contributed by atoms with Crippen LogP contribution in [0.3, 0.4) is 0 Å². The lowest BCUT2D eigenvalue weighted by atomic mass is 9.95. The van der Waals surface area contributed by atoms with Crippen molar-refractivity contribution in [2.75, 3.05) is 11.9 Å². The van der Waals surface area contributed by atoms with E-state index in [9.17, 15) is 9.59 Å². The highest BCUT2D eigenvalue weighted by Gasteiger charge is 2.16. The summed E-state index contributed by atoms with van der Waals surface area (Å²) >= 11 is 0. The van der Waals surface area contributed by atoms with Crippen molar-refractivity contribution in [2.24, 2.45) is 0 Å². The summed E-state index contributed by atoms with van der Waals surface area (Å²) in [5.41, 5.74) is 2.51. The highest BCUT2D eigenvalue weighted by Crippen LogP contribution is 2.19. The Morgan fingerprint density at radius 1 is 1.00 bits per heavy atom. The number of hydrogen-bond donors (Lipinski definition) is 2. The largest absolute Gasteiger partial charge is 0.484 e. The third-order valence-corrected chi connectivity index (χ3v) is 5.10. The third-order valence-electron chi connectivity index (χ3n) is 5.10. The number of aryl methyl sites for hydroxylation is 1. The van der Waals surface area contributed by atoms with Gasteiger partial charge in [-0.05, 0) is 55.2 Å². The van der Waals surface area contributed by atoms with Gasteiger partial charge in [-0.3, -0.25) is 9.59 Å². The van der Waals surface area contributed by atoms with Crippen LogP contribution in [0.4, 0.5) is 5.69 Å². The van der Waals surface area contributed by atoms with Gasteiger partial charge in [0.25, 0.3) is 11.8 Å². The fourth-order valence-electron chi connectivity index (χ4n) is 3.50. The monoisotopic (exact) mass is 380 g/mol. The highest BCUT2D eigenvalue weighted by atomic mass is 16.5. The maximum atomic E-state index is 12.3. The zero-order chi connectivity index (χ0) is 19.8. The molecule has 0 bridgehead atoms. The molecule has 5 heteroatoms. The molecule has 0 spiro atoms. The molecule has 1 fully saturated rings. The number of carbonyl (C=O) groups is 2. The minimum Gasteiger partial charge on any atom is -0.484 e. The quantitative estimate of drug-likeness (QED) is 0.751. The molecule has 0 saturated heterocycles. The van der Waals surface area contributed by atoms with Gasteiger partial charge < -0.3 is 15.4 Å². The van der Waals surface area contributed by atoms with Crippen LogP contribution in [0.15, 0.2) is 48.5 Å². The Balaban J connectivity index is 1.48. The van der Waals surface area contributed by atoms with E-state index in [1.807, 2.05) is 31.2 Å². The highest BCUT2D eigenvalue weighted by molar-refractivity contribution is 5.94. The molecule has 2 N–H and O–H groups in total. The number of benzene rings is 2.